The van der Waals surface area contributed by atoms with Gasteiger partial charge in [-0.15, -0.1) is 0 Å². The van der Waals surface area contributed by atoms with Gasteiger partial charge in [-0.3, -0.25) is 9.69 Å². The molecule has 5 nitrogen and oxygen atoms in total. The molecule has 0 spiro atoms. The second-order valence-electron chi connectivity index (χ2n) is 9.30. The van der Waals surface area contributed by atoms with E-state index in [9.17, 15) is 4.79 Å². The number of amides is 1. The molecule has 2 aliphatic heterocycles. The van der Waals surface area contributed by atoms with E-state index >= 15 is 0 Å². The van der Waals surface area contributed by atoms with Gasteiger partial charge in [0.2, 0.25) is 5.91 Å². The number of likely N-dealkylation sites (tertiary alicyclic amines) is 1. The second-order valence-corrected chi connectivity index (χ2v) is 10.3. The zero-order chi connectivity index (χ0) is 21.9. The molecule has 1 amide bonds. The summed E-state index contributed by atoms with van der Waals surface area (Å²) in [5, 5.41) is 4.42. The third-order valence-corrected chi connectivity index (χ3v) is 7.86. The molecular formula is C26H32N4OS. The lowest BCUT2D eigenvalue weighted by atomic mass is 9.96. The average Bonchev–Trinajstić information content (AvgIpc) is 3.24. The minimum absolute atomic E-state index is 0.0554. The van der Waals surface area contributed by atoms with Crippen molar-refractivity contribution in [3.8, 4) is 0 Å². The third-order valence-electron chi connectivity index (χ3n) is 6.78. The van der Waals surface area contributed by atoms with Crippen LogP contribution in [0.15, 0.2) is 48.5 Å². The highest BCUT2D eigenvalue weighted by atomic mass is 32.1. The van der Waals surface area contributed by atoms with Crippen molar-refractivity contribution in [2.75, 3.05) is 31.1 Å². The first-order valence-corrected chi connectivity index (χ1v) is 12.6. The van der Waals surface area contributed by atoms with Crippen molar-refractivity contribution in [1.82, 2.24) is 15.2 Å². The number of carbonyl (C=O) groups excluding carboxylic acids is 1. The fourth-order valence-electron chi connectivity index (χ4n) is 4.92. The van der Waals surface area contributed by atoms with Crippen LogP contribution in [0.25, 0.3) is 10.2 Å². The molecule has 0 bridgehead atoms. The number of rotatable bonds is 5. The summed E-state index contributed by atoms with van der Waals surface area (Å²) in [6, 6.07) is 17.4. The third kappa shape index (κ3) is 4.97. The summed E-state index contributed by atoms with van der Waals surface area (Å²) in [4.78, 5) is 22.7. The van der Waals surface area contributed by atoms with E-state index in [1.807, 2.05) is 0 Å². The van der Waals surface area contributed by atoms with Crippen molar-refractivity contribution in [3.63, 3.8) is 0 Å². The molecule has 2 aliphatic rings. The van der Waals surface area contributed by atoms with Gasteiger partial charge in [-0.2, -0.15) is 0 Å². The Morgan fingerprint density at radius 2 is 1.91 bits per heavy atom. The maximum Gasteiger partial charge on any atom is 0.225 e. The summed E-state index contributed by atoms with van der Waals surface area (Å²) in [6.07, 6.45) is 4.08. The fourth-order valence-corrected chi connectivity index (χ4v) is 6.01. The Hall–Kier alpha value is -2.44. The number of benzene rings is 2. The number of piperidine rings is 2. The number of aryl methyl sites for hydroxylation is 1. The normalized spacial score (nSPS) is 20.5. The first kappa shape index (κ1) is 21.4. The topological polar surface area (TPSA) is 48.5 Å². The lowest BCUT2D eigenvalue weighted by Gasteiger charge is -2.35. The number of anilines is 1. The van der Waals surface area contributed by atoms with E-state index in [0.717, 1.165) is 69.1 Å². The van der Waals surface area contributed by atoms with Gasteiger partial charge in [-0.25, -0.2) is 4.98 Å². The van der Waals surface area contributed by atoms with Gasteiger partial charge in [0.05, 0.1) is 16.1 Å². The summed E-state index contributed by atoms with van der Waals surface area (Å²) in [6.45, 7) is 6.97. The van der Waals surface area contributed by atoms with Crippen molar-refractivity contribution < 1.29 is 4.79 Å². The van der Waals surface area contributed by atoms with E-state index in [1.54, 1.807) is 11.3 Å². The molecule has 5 rings (SSSR count). The predicted octanol–water partition coefficient (Wildman–Crippen LogP) is 4.60. The molecule has 3 heterocycles. The molecule has 2 aromatic carbocycles. The molecule has 2 fully saturated rings. The summed E-state index contributed by atoms with van der Waals surface area (Å²) in [5.74, 6) is 0.285. The molecule has 1 N–H and O–H groups in total. The van der Waals surface area contributed by atoms with Crippen LogP contribution in [0.3, 0.4) is 0 Å². The zero-order valence-electron chi connectivity index (χ0n) is 18.8. The van der Waals surface area contributed by atoms with Crippen molar-refractivity contribution in [2.45, 2.75) is 45.2 Å². The average molecular weight is 449 g/mol. The van der Waals surface area contributed by atoms with Crippen LogP contribution in [-0.2, 0) is 11.3 Å². The molecule has 6 heteroatoms. The molecular weight excluding hydrogens is 416 g/mol. The number of nitrogens with zero attached hydrogens (tertiary/aromatic N) is 3. The number of carbonyl (C=O) groups is 1. The molecule has 1 unspecified atom stereocenters. The summed E-state index contributed by atoms with van der Waals surface area (Å²) < 4.78 is 1.23. The van der Waals surface area contributed by atoms with E-state index in [0.29, 0.717) is 6.04 Å². The molecule has 168 valence electrons. The Balaban J connectivity index is 1.13. The van der Waals surface area contributed by atoms with E-state index in [2.05, 4.69) is 70.6 Å². The lowest BCUT2D eigenvalue weighted by molar-refractivity contribution is -0.126. The smallest absolute Gasteiger partial charge is 0.225 e. The standard InChI is InChI=1S/C26H32N4OS/c1-19-9-10-23-24(16-19)32-26(28-23)30-13-5-8-21(18-30)25(31)27-22-11-14-29(15-12-22)17-20-6-3-2-4-7-20/h2-4,6-7,9-10,16,21-22H,5,8,11-15,17-18H2,1H3,(H,27,31). The van der Waals surface area contributed by atoms with Gasteiger partial charge < -0.3 is 10.2 Å². The van der Waals surface area contributed by atoms with Crippen LogP contribution in [0.1, 0.15) is 36.8 Å². The molecule has 1 aromatic heterocycles. The molecule has 2 saturated heterocycles. The first-order chi connectivity index (χ1) is 15.6. The Labute approximate surface area is 194 Å². The monoisotopic (exact) mass is 448 g/mol. The van der Waals surface area contributed by atoms with Crippen LogP contribution >= 0.6 is 11.3 Å². The summed E-state index contributed by atoms with van der Waals surface area (Å²) in [5.41, 5.74) is 3.69. The molecule has 0 saturated carbocycles. The molecule has 0 aliphatic carbocycles. The fraction of sp³-hybridized carbons (Fsp3) is 0.462. The largest absolute Gasteiger partial charge is 0.353 e. The van der Waals surface area contributed by atoms with Gasteiger partial charge in [-0.1, -0.05) is 47.7 Å². The number of hydrogen-bond donors (Lipinski definition) is 1. The molecule has 1 atom stereocenters. The highest BCUT2D eigenvalue weighted by Gasteiger charge is 2.29. The number of thiazole rings is 1. The van der Waals surface area contributed by atoms with Crippen LogP contribution in [0.2, 0.25) is 0 Å². The highest BCUT2D eigenvalue weighted by molar-refractivity contribution is 7.22. The Morgan fingerprint density at radius 1 is 1.09 bits per heavy atom. The number of aromatic nitrogens is 1. The van der Waals surface area contributed by atoms with Gasteiger partial charge in [0.25, 0.3) is 0 Å². The zero-order valence-corrected chi connectivity index (χ0v) is 19.6. The van der Waals surface area contributed by atoms with Crippen LogP contribution in [0.4, 0.5) is 5.13 Å². The molecule has 0 radical (unpaired) electrons. The van der Waals surface area contributed by atoms with Crippen LogP contribution in [-0.4, -0.2) is 48.0 Å². The quantitative estimate of drug-likeness (QED) is 0.620. The van der Waals surface area contributed by atoms with Crippen LogP contribution in [0, 0.1) is 12.8 Å². The Bertz CT molecular complexity index is 1060. The van der Waals surface area contributed by atoms with Crippen molar-refractivity contribution >= 4 is 32.6 Å². The SMILES string of the molecule is Cc1ccc2nc(N3CCCC(C(=O)NC4CCN(Cc5ccccc5)CC4)C3)sc2c1. The molecule has 32 heavy (non-hydrogen) atoms. The van der Waals surface area contributed by atoms with Gasteiger partial charge in [0.1, 0.15) is 0 Å². The maximum absolute atomic E-state index is 13.1. The number of hydrogen-bond acceptors (Lipinski definition) is 5. The van der Waals surface area contributed by atoms with Gasteiger partial charge >= 0.3 is 0 Å². The van der Waals surface area contributed by atoms with Gasteiger partial charge in [-0.05, 0) is 55.9 Å². The van der Waals surface area contributed by atoms with E-state index in [1.165, 1.54) is 15.8 Å². The highest BCUT2D eigenvalue weighted by Crippen LogP contribution is 2.32. The second kappa shape index (κ2) is 9.59. The summed E-state index contributed by atoms with van der Waals surface area (Å²) in [7, 11) is 0. The first-order valence-electron chi connectivity index (χ1n) is 11.8. The van der Waals surface area contributed by atoms with E-state index < -0.39 is 0 Å². The number of fused-ring (bicyclic) bond motifs is 1. The van der Waals surface area contributed by atoms with Crippen molar-refractivity contribution in [1.29, 1.82) is 0 Å². The van der Waals surface area contributed by atoms with Crippen molar-refractivity contribution in [2.24, 2.45) is 5.92 Å². The Kier molecular flexibility index (Phi) is 6.42. The van der Waals surface area contributed by atoms with Crippen LogP contribution in [0.5, 0.6) is 0 Å². The Morgan fingerprint density at radius 3 is 2.72 bits per heavy atom. The van der Waals surface area contributed by atoms with Gasteiger partial charge in [0.15, 0.2) is 5.13 Å². The lowest BCUT2D eigenvalue weighted by Crippen LogP contribution is -2.49. The minimum Gasteiger partial charge on any atom is -0.353 e. The van der Waals surface area contributed by atoms with E-state index in [4.69, 9.17) is 4.98 Å². The predicted molar refractivity (Wildman–Crippen MR) is 132 cm³/mol. The molecule has 3 aromatic rings. The van der Waals surface area contributed by atoms with E-state index in [-0.39, 0.29) is 11.8 Å². The minimum atomic E-state index is 0.0554. The number of nitrogens with one attached hydrogen (secondary N) is 1. The van der Waals surface area contributed by atoms with Crippen molar-refractivity contribution in [3.05, 3.63) is 59.7 Å². The van der Waals surface area contributed by atoms with Gasteiger partial charge in [0, 0.05) is 38.8 Å². The van der Waals surface area contributed by atoms with Crippen LogP contribution < -0.4 is 10.2 Å². The maximum atomic E-state index is 13.1. The summed E-state index contributed by atoms with van der Waals surface area (Å²) >= 11 is 1.75.